The number of ether oxygens (including phenoxy) is 1. The summed E-state index contributed by atoms with van der Waals surface area (Å²) >= 11 is 1.21. The molecule has 0 saturated carbocycles. The number of aliphatic hydroxyl groups excluding tert-OH is 1. The Labute approximate surface area is 182 Å². The Morgan fingerprint density at radius 3 is 2.71 bits per heavy atom. The standard InChI is InChI=1S/C21H23F3N4O2S/c22-21(23,24)15-4-1-3-14(11-15)16-13-31-20(26-16)18-17(29)12-28(19(18)25)6-2-5-27-7-9-30-10-8-27/h1,3-4,11,13,25,29H,2,5-10,12H2. The molecule has 0 aliphatic carbocycles. The van der Waals surface area contributed by atoms with Crippen molar-refractivity contribution in [2.24, 2.45) is 0 Å². The fraction of sp³-hybridized carbons (Fsp3) is 0.429. The summed E-state index contributed by atoms with van der Waals surface area (Å²) in [4.78, 5) is 8.54. The summed E-state index contributed by atoms with van der Waals surface area (Å²) in [6.45, 7) is 5.08. The summed E-state index contributed by atoms with van der Waals surface area (Å²) in [5.41, 5.74) is 0.366. The molecule has 10 heteroatoms. The van der Waals surface area contributed by atoms with Gasteiger partial charge in [0, 0.05) is 37.1 Å². The number of halogens is 3. The lowest BCUT2D eigenvalue weighted by molar-refractivity contribution is -0.137. The van der Waals surface area contributed by atoms with E-state index in [1.165, 1.54) is 17.4 Å². The zero-order valence-corrected chi connectivity index (χ0v) is 17.6. The molecule has 166 valence electrons. The van der Waals surface area contributed by atoms with Crippen LogP contribution in [0.5, 0.6) is 0 Å². The summed E-state index contributed by atoms with van der Waals surface area (Å²) in [7, 11) is 0. The van der Waals surface area contributed by atoms with E-state index >= 15 is 0 Å². The number of amidine groups is 1. The van der Waals surface area contributed by atoms with Crippen molar-refractivity contribution in [3.63, 3.8) is 0 Å². The highest BCUT2D eigenvalue weighted by atomic mass is 32.1. The zero-order valence-electron chi connectivity index (χ0n) is 16.8. The van der Waals surface area contributed by atoms with Crippen LogP contribution >= 0.6 is 11.3 Å². The molecule has 2 N–H and O–H groups in total. The van der Waals surface area contributed by atoms with Gasteiger partial charge in [0.2, 0.25) is 0 Å². The van der Waals surface area contributed by atoms with Crippen molar-refractivity contribution in [3.05, 3.63) is 46.0 Å². The second-order valence-corrected chi connectivity index (χ2v) is 8.37. The molecular formula is C21H23F3N4O2S. The van der Waals surface area contributed by atoms with Gasteiger partial charge in [0.15, 0.2) is 0 Å². The van der Waals surface area contributed by atoms with Crippen molar-refractivity contribution in [1.82, 2.24) is 14.8 Å². The number of aliphatic hydroxyl groups is 1. The van der Waals surface area contributed by atoms with Crippen LogP contribution in [0.15, 0.2) is 35.4 Å². The van der Waals surface area contributed by atoms with Crippen molar-refractivity contribution < 1.29 is 23.0 Å². The molecule has 1 saturated heterocycles. The van der Waals surface area contributed by atoms with Crippen molar-refractivity contribution in [2.45, 2.75) is 12.6 Å². The van der Waals surface area contributed by atoms with Gasteiger partial charge in [-0.2, -0.15) is 13.2 Å². The second-order valence-electron chi connectivity index (χ2n) is 7.52. The maximum Gasteiger partial charge on any atom is 0.416 e. The Hall–Kier alpha value is -2.43. The first-order valence-corrected chi connectivity index (χ1v) is 10.9. The minimum atomic E-state index is -4.43. The third-order valence-corrected chi connectivity index (χ3v) is 6.25. The van der Waals surface area contributed by atoms with E-state index in [1.54, 1.807) is 16.3 Å². The first-order valence-electron chi connectivity index (χ1n) is 10.0. The van der Waals surface area contributed by atoms with Gasteiger partial charge in [-0.05, 0) is 18.6 Å². The van der Waals surface area contributed by atoms with Crippen LogP contribution in [0, 0.1) is 5.41 Å². The van der Waals surface area contributed by atoms with Crippen molar-refractivity contribution in [1.29, 1.82) is 5.41 Å². The Balaban J connectivity index is 1.42. The van der Waals surface area contributed by atoms with E-state index in [2.05, 4.69) is 9.88 Å². The molecule has 31 heavy (non-hydrogen) atoms. The van der Waals surface area contributed by atoms with Crippen LogP contribution in [0.4, 0.5) is 13.2 Å². The lowest BCUT2D eigenvalue weighted by atomic mass is 10.1. The first-order chi connectivity index (χ1) is 14.8. The summed E-state index contributed by atoms with van der Waals surface area (Å²) in [5, 5.41) is 21.0. The maximum atomic E-state index is 13.0. The van der Waals surface area contributed by atoms with Gasteiger partial charge in [-0.3, -0.25) is 10.3 Å². The molecule has 1 aromatic heterocycles. The molecule has 3 heterocycles. The fourth-order valence-corrected chi connectivity index (χ4v) is 4.63. The molecule has 0 spiro atoms. The van der Waals surface area contributed by atoms with E-state index in [1.807, 2.05) is 0 Å². The van der Waals surface area contributed by atoms with Crippen LogP contribution in [0.1, 0.15) is 17.0 Å². The predicted molar refractivity (Wildman–Crippen MR) is 113 cm³/mol. The minimum Gasteiger partial charge on any atom is -0.510 e. The Morgan fingerprint density at radius 1 is 1.19 bits per heavy atom. The number of nitrogens with zero attached hydrogens (tertiary/aromatic N) is 3. The van der Waals surface area contributed by atoms with Gasteiger partial charge >= 0.3 is 6.18 Å². The molecule has 4 rings (SSSR count). The van der Waals surface area contributed by atoms with E-state index in [9.17, 15) is 18.3 Å². The number of aromatic nitrogens is 1. The minimum absolute atomic E-state index is 0.0707. The molecule has 1 fully saturated rings. The van der Waals surface area contributed by atoms with Crippen LogP contribution in [-0.4, -0.2) is 71.7 Å². The summed E-state index contributed by atoms with van der Waals surface area (Å²) in [6.07, 6.45) is -3.57. The smallest absolute Gasteiger partial charge is 0.416 e. The zero-order chi connectivity index (χ0) is 22.0. The quantitative estimate of drug-likeness (QED) is 0.690. The van der Waals surface area contributed by atoms with Crippen molar-refractivity contribution in [2.75, 3.05) is 45.9 Å². The van der Waals surface area contributed by atoms with E-state index in [4.69, 9.17) is 10.1 Å². The average molecular weight is 453 g/mol. The second kappa shape index (κ2) is 8.97. The summed E-state index contributed by atoms with van der Waals surface area (Å²) in [6, 6.07) is 5.00. The molecule has 2 aromatic rings. The van der Waals surface area contributed by atoms with Gasteiger partial charge in [0.1, 0.15) is 16.6 Å². The van der Waals surface area contributed by atoms with Gasteiger partial charge in [0.25, 0.3) is 0 Å². The van der Waals surface area contributed by atoms with Crippen molar-refractivity contribution in [3.8, 4) is 11.3 Å². The number of nitrogens with one attached hydrogen (secondary N) is 1. The lowest BCUT2D eigenvalue weighted by Gasteiger charge is -2.27. The Bertz CT molecular complexity index is 983. The van der Waals surface area contributed by atoms with Crippen LogP contribution in [0.3, 0.4) is 0 Å². The molecule has 2 aliphatic rings. The summed E-state index contributed by atoms with van der Waals surface area (Å²) in [5.74, 6) is 0.269. The van der Waals surface area contributed by atoms with Gasteiger partial charge in [0.05, 0.1) is 36.6 Å². The van der Waals surface area contributed by atoms with E-state index in [-0.39, 0.29) is 18.1 Å². The summed E-state index contributed by atoms with van der Waals surface area (Å²) < 4.78 is 44.3. The first kappa shape index (κ1) is 21.8. The van der Waals surface area contributed by atoms with E-state index < -0.39 is 11.7 Å². The molecule has 1 aromatic carbocycles. The third kappa shape index (κ3) is 4.91. The largest absolute Gasteiger partial charge is 0.510 e. The number of benzene rings is 1. The number of morpholine rings is 1. The van der Waals surface area contributed by atoms with Crippen LogP contribution in [0.25, 0.3) is 16.8 Å². The topological polar surface area (TPSA) is 72.7 Å². The third-order valence-electron chi connectivity index (χ3n) is 5.39. The highest BCUT2D eigenvalue weighted by Gasteiger charge is 2.32. The molecule has 0 atom stereocenters. The fourth-order valence-electron chi connectivity index (χ4n) is 3.74. The molecule has 2 aliphatic heterocycles. The molecule has 0 bridgehead atoms. The molecular weight excluding hydrogens is 429 g/mol. The van der Waals surface area contributed by atoms with Crippen molar-refractivity contribution >= 4 is 22.7 Å². The van der Waals surface area contributed by atoms with Gasteiger partial charge in [-0.15, -0.1) is 11.3 Å². The van der Waals surface area contributed by atoms with E-state index in [0.717, 1.165) is 51.4 Å². The Morgan fingerprint density at radius 2 is 1.97 bits per heavy atom. The normalized spacial score (nSPS) is 18.3. The SMILES string of the molecule is N=C1C(c2nc(-c3cccc(C(F)(F)F)c3)cs2)=C(O)CN1CCCN1CCOCC1. The average Bonchev–Trinajstić information content (AvgIpc) is 3.33. The highest BCUT2D eigenvalue weighted by molar-refractivity contribution is 7.11. The molecule has 0 unspecified atom stereocenters. The molecule has 0 radical (unpaired) electrons. The maximum absolute atomic E-state index is 13.0. The number of rotatable bonds is 6. The van der Waals surface area contributed by atoms with Gasteiger partial charge in [-0.25, -0.2) is 4.98 Å². The number of hydrogen-bond acceptors (Lipinski definition) is 6. The van der Waals surface area contributed by atoms with Crippen LogP contribution in [-0.2, 0) is 10.9 Å². The van der Waals surface area contributed by atoms with Gasteiger partial charge in [-0.1, -0.05) is 12.1 Å². The van der Waals surface area contributed by atoms with E-state index in [0.29, 0.717) is 28.4 Å². The predicted octanol–water partition coefficient (Wildman–Crippen LogP) is 4.11. The Kier molecular flexibility index (Phi) is 6.31. The molecule has 0 amide bonds. The number of alkyl halides is 3. The number of thiazole rings is 1. The van der Waals surface area contributed by atoms with Gasteiger partial charge < -0.3 is 14.7 Å². The van der Waals surface area contributed by atoms with Crippen LogP contribution < -0.4 is 0 Å². The lowest BCUT2D eigenvalue weighted by Crippen LogP contribution is -2.38. The van der Waals surface area contributed by atoms with Crippen LogP contribution in [0.2, 0.25) is 0 Å². The number of hydrogen-bond donors (Lipinski definition) is 2. The molecule has 6 nitrogen and oxygen atoms in total. The highest BCUT2D eigenvalue weighted by Crippen LogP contribution is 2.35. The monoisotopic (exact) mass is 452 g/mol.